The summed E-state index contributed by atoms with van der Waals surface area (Å²) < 4.78 is 0. The topological polar surface area (TPSA) is 96.5 Å². The van der Waals surface area contributed by atoms with Gasteiger partial charge < -0.3 is 10.3 Å². The molecule has 1 saturated carbocycles. The summed E-state index contributed by atoms with van der Waals surface area (Å²) in [6.45, 7) is 3.58. The lowest BCUT2D eigenvalue weighted by atomic mass is 9.85. The van der Waals surface area contributed by atoms with Crippen LogP contribution in [0.2, 0.25) is 0 Å². The lowest BCUT2D eigenvalue weighted by Crippen LogP contribution is -2.35. The summed E-state index contributed by atoms with van der Waals surface area (Å²) in [5.74, 6) is 1.36. The molecule has 0 radical (unpaired) electrons. The third-order valence-corrected chi connectivity index (χ3v) is 6.13. The van der Waals surface area contributed by atoms with Crippen molar-refractivity contribution in [2.45, 2.75) is 51.5 Å². The molecule has 2 N–H and O–H groups in total. The Morgan fingerprint density at radius 2 is 1.78 bits per heavy atom. The van der Waals surface area contributed by atoms with Gasteiger partial charge in [0.15, 0.2) is 0 Å². The van der Waals surface area contributed by atoms with Crippen LogP contribution < -0.4 is 5.32 Å². The second-order valence-corrected chi connectivity index (χ2v) is 8.52. The Kier molecular flexibility index (Phi) is 5.39. The van der Waals surface area contributed by atoms with E-state index in [1.807, 2.05) is 43.3 Å². The normalized spacial score (nSPS) is 18.6. The summed E-state index contributed by atoms with van der Waals surface area (Å²) in [5, 5.41) is 3.05. The Morgan fingerprint density at radius 3 is 2.53 bits per heavy atom. The summed E-state index contributed by atoms with van der Waals surface area (Å²) in [6.07, 6.45) is 7.31. The molecule has 0 unspecified atom stereocenters. The van der Waals surface area contributed by atoms with Crippen LogP contribution in [0.1, 0.15) is 50.0 Å². The molecule has 1 aliphatic carbocycles. The summed E-state index contributed by atoms with van der Waals surface area (Å²) in [7, 11) is 0. The highest BCUT2D eigenvalue weighted by molar-refractivity contribution is 5.84. The summed E-state index contributed by atoms with van der Waals surface area (Å²) in [5.41, 5.74) is 6.35. The van der Waals surface area contributed by atoms with Gasteiger partial charge in [-0.2, -0.15) is 0 Å². The van der Waals surface area contributed by atoms with E-state index in [0.717, 1.165) is 70.9 Å². The number of hydrogen-bond donors (Lipinski definition) is 2. The highest BCUT2D eigenvalue weighted by Gasteiger charge is 2.27. The number of carbonyl (C=O) groups excluding carboxylic acids is 1. The highest BCUT2D eigenvalue weighted by Crippen LogP contribution is 2.37. The van der Waals surface area contributed by atoms with E-state index >= 15 is 0 Å². The predicted octanol–water partition coefficient (Wildman–Crippen LogP) is 4.55. The van der Waals surface area contributed by atoms with Gasteiger partial charge in [-0.25, -0.2) is 4.98 Å². The van der Waals surface area contributed by atoms with Crippen molar-refractivity contribution in [1.29, 1.82) is 0 Å². The molecule has 5 rings (SSSR count). The number of aryl methyl sites for hydroxylation is 1. The number of nitrogens with one attached hydrogen (secondary N) is 2. The molecule has 0 spiro atoms. The monoisotopic (exact) mass is 426 g/mol. The number of imidazole rings is 1. The van der Waals surface area contributed by atoms with Crippen molar-refractivity contribution < 1.29 is 4.79 Å². The molecule has 3 heterocycles. The van der Waals surface area contributed by atoms with Crippen LogP contribution in [-0.4, -0.2) is 36.9 Å². The summed E-state index contributed by atoms with van der Waals surface area (Å²) in [4.78, 5) is 33.7. The van der Waals surface area contributed by atoms with Crippen LogP contribution in [-0.2, 0) is 4.79 Å². The molecular weight excluding hydrogens is 400 g/mol. The van der Waals surface area contributed by atoms with Crippen LogP contribution in [0.15, 0.2) is 48.8 Å². The van der Waals surface area contributed by atoms with E-state index in [1.54, 1.807) is 19.3 Å². The maximum Gasteiger partial charge on any atom is 0.217 e. The van der Waals surface area contributed by atoms with Gasteiger partial charge in [-0.15, -0.1) is 0 Å². The Bertz CT molecular complexity index is 1270. The Morgan fingerprint density at radius 1 is 1.00 bits per heavy atom. The van der Waals surface area contributed by atoms with E-state index in [9.17, 15) is 4.79 Å². The Balaban J connectivity index is 1.53. The number of aromatic amines is 1. The second-order valence-electron chi connectivity index (χ2n) is 8.52. The average Bonchev–Trinajstić information content (AvgIpc) is 3.24. The number of H-pyrrole nitrogens is 1. The van der Waals surface area contributed by atoms with Crippen LogP contribution in [0.4, 0.5) is 0 Å². The number of nitrogens with zero attached hydrogens (tertiary/aromatic N) is 4. The first kappa shape index (κ1) is 20.3. The number of rotatable bonds is 4. The fourth-order valence-corrected chi connectivity index (χ4v) is 4.57. The lowest BCUT2D eigenvalue weighted by Gasteiger charge is -2.27. The molecule has 0 saturated heterocycles. The first-order valence-electron chi connectivity index (χ1n) is 11.1. The molecule has 32 heavy (non-hydrogen) atoms. The van der Waals surface area contributed by atoms with E-state index < -0.39 is 0 Å². The van der Waals surface area contributed by atoms with Crippen molar-refractivity contribution in [1.82, 2.24) is 30.2 Å². The van der Waals surface area contributed by atoms with Crippen LogP contribution in [0.5, 0.6) is 0 Å². The maximum absolute atomic E-state index is 11.4. The molecule has 1 aliphatic rings. The zero-order valence-electron chi connectivity index (χ0n) is 18.3. The smallest absolute Gasteiger partial charge is 0.217 e. The Labute approximate surface area is 186 Å². The van der Waals surface area contributed by atoms with Crippen LogP contribution in [0.25, 0.3) is 33.7 Å². The van der Waals surface area contributed by atoms with Crippen LogP contribution >= 0.6 is 0 Å². The van der Waals surface area contributed by atoms with Gasteiger partial charge in [-0.3, -0.25) is 19.7 Å². The van der Waals surface area contributed by atoms with Crippen molar-refractivity contribution in [3.8, 4) is 22.6 Å². The fraction of sp³-hybridized carbons (Fsp3) is 0.320. The standard InChI is InChI=1S/C25H26N6O/c1-15-4-3-5-21(28-15)24-23(18-8-11-20-22(14-18)27-13-12-26-20)30-25(31-24)17-6-9-19(10-7-17)29-16(2)32/h3-5,8,11-14,17,19H,6-7,9-10H2,1-2H3,(H,29,32)(H,30,31). The van der Waals surface area contributed by atoms with E-state index in [1.165, 1.54) is 0 Å². The van der Waals surface area contributed by atoms with Crippen molar-refractivity contribution in [2.24, 2.45) is 0 Å². The van der Waals surface area contributed by atoms with E-state index in [0.29, 0.717) is 5.92 Å². The largest absolute Gasteiger partial charge is 0.354 e. The SMILES string of the molecule is CC(=O)NC1CCC(c2nc(-c3ccc4nccnc4c3)c(-c3cccc(C)n3)[nH]2)CC1. The zero-order valence-corrected chi connectivity index (χ0v) is 18.3. The number of carbonyl (C=O) groups is 1. The minimum absolute atomic E-state index is 0.0425. The number of benzene rings is 1. The first-order chi connectivity index (χ1) is 15.6. The number of fused-ring (bicyclic) bond motifs is 1. The molecule has 0 aliphatic heterocycles. The Hall–Kier alpha value is -3.61. The van der Waals surface area contributed by atoms with Gasteiger partial charge in [-0.1, -0.05) is 12.1 Å². The molecule has 0 atom stereocenters. The lowest BCUT2D eigenvalue weighted by molar-refractivity contribution is -0.119. The predicted molar refractivity (Wildman–Crippen MR) is 124 cm³/mol. The highest BCUT2D eigenvalue weighted by atomic mass is 16.1. The summed E-state index contributed by atoms with van der Waals surface area (Å²) in [6, 6.07) is 12.4. The van der Waals surface area contributed by atoms with Gasteiger partial charge in [-0.05, 0) is 56.9 Å². The number of aromatic nitrogens is 5. The first-order valence-corrected chi connectivity index (χ1v) is 11.1. The summed E-state index contributed by atoms with van der Waals surface area (Å²) >= 11 is 0. The molecular formula is C25H26N6O. The van der Waals surface area contributed by atoms with E-state index in [2.05, 4.69) is 20.3 Å². The van der Waals surface area contributed by atoms with Crippen molar-refractivity contribution >= 4 is 16.9 Å². The van der Waals surface area contributed by atoms with Crippen molar-refractivity contribution in [2.75, 3.05) is 0 Å². The minimum Gasteiger partial charge on any atom is -0.354 e. The molecule has 1 aromatic carbocycles. The molecule has 1 amide bonds. The minimum atomic E-state index is 0.0425. The third kappa shape index (κ3) is 4.10. The fourth-order valence-electron chi connectivity index (χ4n) is 4.57. The number of pyridine rings is 1. The molecule has 3 aromatic heterocycles. The van der Waals surface area contributed by atoms with Gasteiger partial charge in [0.05, 0.1) is 28.1 Å². The van der Waals surface area contributed by atoms with Crippen molar-refractivity contribution in [3.63, 3.8) is 0 Å². The maximum atomic E-state index is 11.4. The van der Waals surface area contributed by atoms with Crippen LogP contribution in [0.3, 0.4) is 0 Å². The van der Waals surface area contributed by atoms with E-state index in [-0.39, 0.29) is 11.9 Å². The van der Waals surface area contributed by atoms with Gasteiger partial charge in [0.25, 0.3) is 0 Å². The zero-order chi connectivity index (χ0) is 22.1. The molecule has 7 nitrogen and oxygen atoms in total. The molecule has 7 heteroatoms. The molecule has 0 bridgehead atoms. The molecule has 4 aromatic rings. The number of hydrogen-bond acceptors (Lipinski definition) is 5. The quantitative estimate of drug-likeness (QED) is 0.499. The van der Waals surface area contributed by atoms with Gasteiger partial charge >= 0.3 is 0 Å². The molecule has 1 fully saturated rings. The number of amides is 1. The van der Waals surface area contributed by atoms with Gasteiger partial charge in [0.2, 0.25) is 5.91 Å². The van der Waals surface area contributed by atoms with Crippen molar-refractivity contribution in [3.05, 3.63) is 60.3 Å². The van der Waals surface area contributed by atoms with Gasteiger partial charge in [0, 0.05) is 42.5 Å². The van der Waals surface area contributed by atoms with Gasteiger partial charge in [0.1, 0.15) is 5.82 Å². The average molecular weight is 427 g/mol. The third-order valence-electron chi connectivity index (χ3n) is 6.13. The second kappa shape index (κ2) is 8.49. The molecule has 162 valence electrons. The van der Waals surface area contributed by atoms with Crippen LogP contribution in [0, 0.1) is 6.92 Å². The van der Waals surface area contributed by atoms with E-state index in [4.69, 9.17) is 9.97 Å².